The molecule has 12 heteroatoms. The van der Waals surface area contributed by atoms with Crippen LogP contribution in [0.1, 0.15) is 16.1 Å². The second kappa shape index (κ2) is 7.40. The number of ether oxygens (including phenoxy) is 1. The van der Waals surface area contributed by atoms with E-state index in [4.69, 9.17) is 37.5 Å². The Hall–Kier alpha value is -2.14. The molecule has 25 heavy (non-hydrogen) atoms. The number of carbonyl (C=O) groups excluding carboxylic acids is 2. The van der Waals surface area contributed by atoms with Gasteiger partial charge in [0, 0.05) is 6.20 Å². The summed E-state index contributed by atoms with van der Waals surface area (Å²) in [5.74, 6) is -2.13. The largest absolute Gasteiger partial charge is 0.450 e. The van der Waals surface area contributed by atoms with Crippen molar-refractivity contribution in [2.24, 2.45) is 5.14 Å². The number of aromatic nitrogens is 1. The molecular weight excluding hydrogens is 397 g/mol. The molecule has 1 amide bonds. The van der Waals surface area contributed by atoms with Crippen LogP contribution in [0.4, 0.5) is 5.82 Å². The Bertz CT molecular complexity index is 941. The van der Waals surface area contributed by atoms with Crippen molar-refractivity contribution in [2.45, 2.75) is 12.0 Å². The summed E-state index contributed by atoms with van der Waals surface area (Å²) in [5.41, 5.74) is 0.525. The van der Waals surface area contributed by atoms with Gasteiger partial charge in [0.15, 0.2) is 12.4 Å². The van der Waals surface area contributed by atoms with Crippen molar-refractivity contribution in [1.29, 1.82) is 0 Å². The van der Waals surface area contributed by atoms with E-state index in [1.807, 2.05) is 0 Å². The van der Waals surface area contributed by atoms with Crippen molar-refractivity contribution >= 4 is 50.9 Å². The lowest BCUT2D eigenvalue weighted by atomic mass is 10.3. The van der Waals surface area contributed by atoms with E-state index < -0.39 is 39.4 Å². The number of primary sulfonamides is 1. The summed E-state index contributed by atoms with van der Waals surface area (Å²) < 4.78 is 31.6. The van der Waals surface area contributed by atoms with Crippen molar-refractivity contribution in [3.63, 3.8) is 0 Å². The minimum Gasteiger partial charge on any atom is -0.450 e. The van der Waals surface area contributed by atoms with Gasteiger partial charge in [-0.05, 0) is 24.6 Å². The topological polar surface area (TPSA) is 142 Å². The molecule has 0 saturated carbocycles. The Morgan fingerprint density at radius 3 is 2.64 bits per heavy atom. The van der Waals surface area contributed by atoms with E-state index in [9.17, 15) is 18.0 Å². The Morgan fingerprint density at radius 1 is 1.36 bits per heavy atom. The molecule has 0 aromatic carbocycles. The number of nitrogens with one attached hydrogen (secondary N) is 1. The van der Waals surface area contributed by atoms with Crippen LogP contribution < -0.4 is 10.5 Å². The van der Waals surface area contributed by atoms with Gasteiger partial charge in [-0.15, -0.1) is 0 Å². The number of amides is 1. The first-order chi connectivity index (χ1) is 11.6. The first kappa shape index (κ1) is 19.2. The number of pyridine rings is 1. The Labute approximate surface area is 152 Å². The van der Waals surface area contributed by atoms with E-state index in [1.165, 1.54) is 6.20 Å². The number of esters is 1. The Balaban J connectivity index is 1.97. The number of hydrogen-bond donors (Lipinski definition) is 2. The highest BCUT2D eigenvalue weighted by Crippen LogP contribution is 2.28. The van der Waals surface area contributed by atoms with Gasteiger partial charge >= 0.3 is 5.97 Å². The van der Waals surface area contributed by atoms with Crippen LogP contribution in [0.15, 0.2) is 27.8 Å². The van der Waals surface area contributed by atoms with Crippen LogP contribution in [-0.2, 0) is 19.6 Å². The number of carbonyl (C=O) groups is 2. The second-order valence-corrected chi connectivity index (χ2v) is 6.96. The predicted molar refractivity (Wildman–Crippen MR) is 88.0 cm³/mol. The van der Waals surface area contributed by atoms with Gasteiger partial charge < -0.3 is 14.5 Å². The van der Waals surface area contributed by atoms with E-state index in [1.54, 1.807) is 6.92 Å². The average molecular weight is 408 g/mol. The summed E-state index contributed by atoms with van der Waals surface area (Å²) in [6.45, 7) is 0.964. The SMILES string of the molecule is Cc1c(Cl)cnc(NC(=O)COC(=O)c2ccc(S(N)(=O)=O)o2)c1Cl. The van der Waals surface area contributed by atoms with Crippen molar-refractivity contribution in [3.8, 4) is 0 Å². The quantitative estimate of drug-likeness (QED) is 0.718. The summed E-state index contributed by atoms with van der Waals surface area (Å²) in [6, 6.07) is 2.05. The molecule has 0 radical (unpaired) electrons. The molecule has 3 N–H and O–H groups in total. The third-order valence-electron chi connectivity index (χ3n) is 2.86. The normalized spacial score (nSPS) is 11.2. The van der Waals surface area contributed by atoms with Crippen LogP contribution in [0.2, 0.25) is 10.0 Å². The van der Waals surface area contributed by atoms with Crippen LogP contribution in [0, 0.1) is 6.92 Å². The highest BCUT2D eigenvalue weighted by molar-refractivity contribution is 7.89. The maximum Gasteiger partial charge on any atom is 0.374 e. The maximum absolute atomic E-state index is 11.8. The highest BCUT2D eigenvalue weighted by atomic mass is 35.5. The number of furan rings is 1. The number of nitrogens with zero attached hydrogens (tertiary/aromatic N) is 1. The molecule has 0 bridgehead atoms. The van der Waals surface area contributed by atoms with Crippen LogP contribution in [0.3, 0.4) is 0 Å². The summed E-state index contributed by atoms with van der Waals surface area (Å²) in [7, 11) is -4.09. The van der Waals surface area contributed by atoms with Crippen LogP contribution in [-0.4, -0.2) is 31.9 Å². The molecule has 2 heterocycles. The Morgan fingerprint density at radius 2 is 2.04 bits per heavy atom. The zero-order valence-corrected chi connectivity index (χ0v) is 14.9. The maximum atomic E-state index is 11.8. The molecule has 0 fully saturated rings. The van der Waals surface area contributed by atoms with Crippen molar-refractivity contribution < 1.29 is 27.2 Å². The Kier molecular flexibility index (Phi) is 5.68. The lowest BCUT2D eigenvalue weighted by Gasteiger charge is -2.09. The third kappa shape index (κ3) is 4.69. The molecular formula is C13H11Cl2N3O6S. The predicted octanol–water partition coefficient (Wildman–Crippen LogP) is 1.73. The number of anilines is 1. The second-order valence-electron chi connectivity index (χ2n) is 4.68. The fourth-order valence-electron chi connectivity index (χ4n) is 1.60. The van der Waals surface area contributed by atoms with Crippen molar-refractivity contribution in [1.82, 2.24) is 4.98 Å². The molecule has 0 aliphatic rings. The lowest BCUT2D eigenvalue weighted by Crippen LogP contribution is -2.21. The number of rotatable bonds is 5. The molecule has 0 aliphatic carbocycles. The number of sulfonamides is 1. The standard InChI is InChI=1S/C13H11Cl2N3O6S/c1-6-7(14)4-17-12(11(6)15)18-9(19)5-23-13(20)8-2-3-10(24-8)25(16,21)22/h2-4H,5H2,1H3,(H2,16,21,22)(H,17,18,19). The third-order valence-corrected chi connectivity index (χ3v) is 4.48. The monoisotopic (exact) mass is 407 g/mol. The zero-order chi connectivity index (χ0) is 18.8. The van der Waals surface area contributed by atoms with Crippen LogP contribution in [0.25, 0.3) is 0 Å². The average Bonchev–Trinajstić information content (AvgIpc) is 3.03. The van der Waals surface area contributed by atoms with Crippen LogP contribution in [0.5, 0.6) is 0 Å². The molecule has 2 rings (SSSR count). The van der Waals surface area contributed by atoms with E-state index in [0.717, 1.165) is 12.1 Å². The molecule has 2 aromatic heterocycles. The number of nitrogens with two attached hydrogens (primary N) is 1. The lowest BCUT2D eigenvalue weighted by molar-refractivity contribution is -0.119. The molecule has 9 nitrogen and oxygen atoms in total. The summed E-state index contributed by atoms with van der Waals surface area (Å²) >= 11 is 11.8. The first-order valence-corrected chi connectivity index (χ1v) is 8.80. The molecule has 0 spiro atoms. The van der Waals surface area contributed by atoms with Gasteiger partial charge in [0.25, 0.3) is 15.9 Å². The smallest absolute Gasteiger partial charge is 0.374 e. The van der Waals surface area contributed by atoms with Crippen molar-refractivity contribution in [3.05, 3.63) is 39.7 Å². The minimum atomic E-state index is -4.09. The van der Waals surface area contributed by atoms with Gasteiger partial charge in [-0.25, -0.2) is 23.3 Å². The van der Waals surface area contributed by atoms with E-state index in [-0.39, 0.29) is 10.8 Å². The van der Waals surface area contributed by atoms with E-state index in [0.29, 0.717) is 10.6 Å². The van der Waals surface area contributed by atoms with Gasteiger partial charge in [0.1, 0.15) is 0 Å². The molecule has 0 aliphatic heterocycles. The van der Waals surface area contributed by atoms with Gasteiger partial charge in [-0.2, -0.15) is 0 Å². The van der Waals surface area contributed by atoms with Crippen molar-refractivity contribution in [2.75, 3.05) is 11.9 Å². The molecule has 0 saturated heterocycles. The highest BCUT2D eigenvalue weighted by Gasteiger charge is 2.20. The van der Waals surface area contributed by atoms with E-state index >= 15 is 0 Å². The van der Waals surface area contributed by atoms with Crippen LogP contribution >= 0.6 is 23.2 Å². The zero-order valence-electron chi connectivity index (χ0n) is 12.6. The summed E-state index contributed by atoms with van der Waals surface area (Å²) in [6.07, 6.45) is 1.31. The molecule has 0 atom stereocenters. The summed E-state index contributed by atoms with van der Waals surface area (Å²) in [5, 5.41) is 7.08. The molecule has 134 valence electrons. The number of halogens is 2. The van der Waals surface area contributed by atoms with Gasteiger partial charge in [-0.3, -0.25) is 4.79 Å². The summed E-state index contributed by atoms with van der Waals surface area (Å²) in [4.78, 5) is 27.4. The first-order valence-electron chi connectivity index (χ1n) is 6.50. The minimum absolute atomic E-state index is 0.0547. The van der Waals surface area contributed by atoms with Gasteiger partial charge in [0.2, 0.25) is 10.9 Å². The fourth-order valence-corrected chi connectivity index (χ4v) is 2.45. The van der Waals surface area contributed by atoms with Gasteiger partial charge in [-0.1, -0.05) is 23.2 Å². The molecule has 0 unspecified atom stereocenters. The molecule has 2 aromatic rings. The van der Waals surface area contributed by atoms with E-state index in [2.05, 4.69) is 10.3 Å². The number of hydrogen-bond acceptors (Lipinski definition) is 7. The fraction of sp³-hybridized carbons (Fsp3) is 0.154. The van der Waals surface area contributed by atoms with Gasteiger partial charge in [0.05, 0.1) is 10.0 Å².